The summed E-state index contributed by atoms with van der Waals surface area (Å²) in [6.07, 6.45) is 0.925. The van der Waals surface area contributed by atoms with Crippen LogP contribution >= 0.6 is 23.4 Å². The highest BCUT2D eigenvalue weighted by molar-refractivity contribution is 8.00. The molecular weight excluding hydrogens is 338 g/mol. The Morgan fingerprint density at radius 1 is 1.04 bits per heavy atom. The van der Waals surface area contributed by atoms with Gasteiger partial charge in [0.1, 0.15) is 0 Å². The van der Waals surface area contributed by atoms with Crippen molar-refractivity contribution in [1.82, 2.24) is 5.32 Å². The highest BCUT2D eigenvalue weighted by atomic mass is 35.5. The fraction of sp³-hybridized carbons (Fsp3) is 0.350. The number of hydrogen-bond donors (Lipinski definition) is 1. The van der Waals surface area contributed by atoms with Crippen molar-refractivity contribution in [2.45, 2.75) is 43.4 Å². The van der Waals surface area contributed by atoms with Crippen molar-refractivity contribution in [3.63, 3.8) is 0 Å². The Bertz CT molecular complexity index is 642. The number of nitrogens with one attached hydrogen (secondary N) is 1. The summed E-state index contributed by atoms with van der Waals surface area (Å²) >= 11 is 7.45. The third-order valence-electron chi connectivity index (χ3n) is 3.72. The summed E-state index contributed by atoms with van der Waals surface area (Å²) in [6, 6.07) is 17.8. The first-order valence-corrected chi connectivity index (χ1v) is 9.49. The van der Waals surface area contributed by atoms with Gasteiger partial charge in [0.05, 0.1) is 11.3 Å². The molecule has 0 saturated carbocycles. The van der Waals surface area contributed by atoms with Crippen LogP contribution in [0.1, 0.15) is 38.8 Å². The largest absolute Gasteiger partial charge is 0.348 e. The van der Waals surface area contributed by atoms with Gasteiger partial charge in [-0.3, -0.25) is 4.79 Å². The predicted octanol–water partition coefficient (Wildman–Crippen LogP) is 5.72. The van der Waals surface area contributed by atoms with Crippen LogP contribution in [0.5, 0.6) is 0 Å². The molecule has 24 heavy (non-hydrogen) atoms. The van der Waals surface area contributed by atoms with E-state index in [1.54, 1.807) is 11.8 Å². The van der Waals surface area contributed by atoms with E-state index < -0.39 is 0 Å². The fourth-order valence-electron chi connectivity index (χ4n) is 2.49. The molecule has 0 saturated heterocycles. The lowest BCUT2D eigenvalue weighted by atomic mass is 9.97. The summed E-state index contributed by atoms with van der Waals surface area (Å²) in [5.74, 6) is 0.569. The minimum Gasteiger partial charge on any atom is -0.348 e. The van der Waals surface area contributed by atoms with Crippen molar-refractivity contribution in [2.24, 2.45) is 5.92 Å². The van der Waals surface area contributed by atoms with E-state index in [0.29, 0.717) is 10.9 Å². The lowest BCUT2D eigenvalue weighted by Gasteiger charge is -2.23. The molecule has 2 atom stereocenters. The lowest BCUT2D eigenvalue weighted by molar-refractivity contribution is -0.121. The Hall–Kier alpha value is -1.45. The number of carbonyl (C=O) groups is 1. The van der Waals surface area contributed by atoms with Crippen molar-refractivity contribution in [2.75, 3.05) is 0 Å². The molecule has 0 aliphatic rings. The number of halogens is 1. The Morgan fingerprint density at radius 2 is 1.67 bits per heavy atom. The topological polar surface area (TPSA) is 29.1 Å². The Kier molecular flexibility index (Phi) is 7.19. The smallest absolute Gasteiger partial charge is 0.233 e. The van der Waals surface area contributed by atoms with E-state index >= 15 is 0 Å². The van der Waals surface area contributed by atoms with Crippen molar-refractivity contribution in [3.05, 3.63) is 65.2 Å². The van der Waals surface area contributed by atoms with Gasteiger partial charge in [-0.2, -0.15) is 0 Å². The average Bonchev–Trinajstić information content (AvgIpc) is 2.56. The highest BCUT2D eigenvalue weighted by Crippen LogP contribution is 2.26. The molecule has 0 aromatic heterocycles. The zero-order chi connectivity index (χ0) is 17.5. The number of amides is 1. The van der Waals surface area contributed by atoms with Crippen LogP contribution in [0.25, 0.3) is 0 Å². The van der Waals surface area contributed by atoms with Crippen molar-refractivity contribution in [1.29, 1.82) is 0 Å². The number of thioether (sulfide) groups is 1. The molecule has 128 valence electrons. The summed E-state index contributed by atoms with van der Waals surface area (Å²) in [7, 11) is 0. The maximum absolute atomic E-state index is 12.6. The van der Waals surface area contributed by atoms with Crippen LogP contribution < -0.4 is 5.32 Å². The Labute approximate surface area is 154 Å². The van der Waals surface area contributed by atoms with Gasteiger partial charge in [0, 0.05) is 9.92 Å². The van der Waals surface area contributed by atoms with Gasteiger partial charge in [-0.05, 0) is 49.1 Å². The van der Waals surface area contributed by atoms with Gasteiger partial charge in [-0.15, -0.1) is 11.8 Å². The van der Waals surface area contributed by atoms with E-state index in [4.69, 9.17) is 11.6 Å². The number of rotatable bonds is 7. The lowest BCUT2D eigenvalue weighted by Crippen LogP contribution is -2.35. The van der Waals surface area contributed by atoms with E-state index in [2.05, 4.69) is 31.3 Å². The maximum atomic E-state index is 12.6. The molecule has 2 nitrogen and oxygen atoms in total. The molecule has 0 spiro atoms. The molecule has 0 radical (unpaired) electrons. The molecule has 2 aromatic rings. The second-order valence-corrected chi connectivity index (χ2v) is 8.17. The van der Waals surface area contributed by atoms with E-state index in [0.717, 1.165) is 16.9 Å². The molecule has 0 heterocycles. The fourth-order valence-corrected chi connectivity index (χ4v) is 3.50. The minimum atomic E-state index is -0.162. The quantitative estimate of drug-likeness (QED) is 0.638. The Balaban J connectivity index is 2.02. The molecule has 0 fully saturated rings. The van der Waals surface area contributed by atoms with Gasteiger partial charge in [0.2, 0.25) is 5.91 Å². The molecule has 0 aliphatic heterocycles. The summed E-state index contributed by atoms with van der Waals surface area (Å²) in [5, 5.41) is 3.75. The van der Waals surface area contributed by atoms with Crippen molar-refractivity contribution in [3.8, 4) is 0 Å². The molecule has 2 aromatic carbocycles. The van der Waals surface area contributed by atoms with Gasteiger partial charge in [-0.25, -0.2) is 0 Å². The van der Waals surface area contributed by atoms with Crippen molar-refractivity contribution < 1.29 is 4.79 Å². The van der Waals surface area contributed by atoms with E-state index in [-0.39, 0.29) is 17.2 Å². The SMILES string of the molecule is CC(C)C[C@@H](NC(=O)[C@@H](C)Sc1ccc(Cl)cc1)c1ccccc1. The van der Waals surface area contributed by atoms with Crippen LogP contribution in [0.3, 0.4) is 0 Å². The van der Waals surface area contributed by atoms with Crippen LogP contribution in [0.2, 0.25) is 5.02 Å². The van der Waals surface area contributed by atoms with E-state index in [1.165, 1.54) is 0 Å². The zero-order valence-corrected chi connectivity index (χ0v) is 15.9. The normalized spacial score (nSPS) is 13.5. The van der Waals surface area contributed by atoms with Gasteiger partial charge in [-0.1, -0.05) is 55.8 Å². The molecule has 1 amide bonds. The first-order valence-electron chi connectivity index (χ1n) is 8.23. The van der Waals surface area contributed by atoms with Crippen LogP contribution in [0, 0.1) is 5.92 Å². The monoisotopic (exact) mass is 361 g/mol. The molecule has 0 bridgehead atoms. The summed E-state index contributed by atoms with van der Waals surface area (Å²) in [4.78, 5) is 13.7. The second kappa shape index (κ2) is 9.14. The molecule has 4 heteroatoms. The summed E-state index contributed by atoms with van der Waals surface area (Å²) in [5.41, 5.74) is 1.16. The zero-order valence-electron chi connectivity index (χ0n) is 14.3. The molecule has 0 aliphatic carbocycles. The van der Waals surface area contributed by atoms with Crippen LogP contribution in [-0.2, 0) is 4.79 Å². The van der Waals surface area contributed by atoms with E-state index in [1.807, 2.05) is 49.4 Å². The number of hydrogen-bond acceptors (Lipinski definition) is 2. The van der Waals surface area contributed by atoms with Gasteiger partial charge in [0.25, 0.3) is 0 Å². The third kappa shape index (κ3) is 5.88. The first kappa shape index (κ1) is 18.9. The molecule has 2 rings (SSSR count). The second-order valence-electron chi connectivity index (χ2n) is 6.32. The first-order chi connectivity index (χ1) is 11.5. The average molecular weight is 362 g/mol. The van der Waals surface area contributed by atoms with Gasteiger partial charge >= 0.3 is 0 Å². The number of benzene rings is 2. The predicted molar refractivity (Wildman–Crippen MR) is 104 cm³/mol. The van der Waals surface area contributed by atoms with Crippen LogP contribution in [0.15, 0.2) is 59.5 Å². The minimum absolute atomic E-state index is 0.0481. The summed E-state index contributed by atoms with van der Waals surface area (Å²) < 4.78 is 0. The standard InChI is InChI=1S/C20H24ClNOS/c1-14(2)13-19(16-7-5-4-6-8-16)22-20(23)15(3)24-18-11-9-17(21)10-12-18/h4-12,14-15,19H,13H2,1-3H3,(H,22,23)/t15-,19-/m1/s1. The molecule has 1 N–H and O–H groups in total. The highest BCUT2D eigenvalue weighted by Gasteiger charge is 2.20. The molecule has 0 unspecified atom stereocenters. The van der Waals surface area contributed by atoms with Gasteiger partial charge < -0.3 is 5.32 Å². The summed E-state index contributed by atoms with van der Waals surface area (Å²) in [6.45, 7) is 6.29. The number of carbonyl (C=O) groups excluding carboxylic acids is 1. The third-order valence-corrected chi connectivity index (χ3v) is 5.09. The maximum Gasteiger partial charge on any atom is 0.233 e. The van der Waals surface area contributed by atoms with Crippen LogP contribution in [0.4, 0.5) is 0 Å². The van der Waals surface area contributed by atoms with Crippen molar-refractivity contribution >= 4 is 29.3 Å². The molecular formula is C20H24ClNOS. The van der Waals surface area contributed by atoms with Gasteiger partial charge in [0.15, 0.2) is 0 Å². The Morgan fingerprint density at radius 3 is 2.25 bits per heavy atom. The van der Waals surface area contributed by atoms with E-state index in [9.17, 15) is 4.79 Å². The van der Waals surface area contributed by atoms with Crippen LogP contribution in [-0.4, -0.2) is 11.2 Å².